The minimum Gasteiger partial charge on any atom is -0.381 e. The molecule has 0 aliphatic carbocycles. The number of ether oxygens (including phenoxy) is 1. The van der Waals surface area contributed by atoms with Gasteiger partial charge in [-0.05, 0) is 19.8 Å². The number of unbranched alkanes of at least 4 members (excludes halogenated alkanes) is 1. The highest BCUT2D eigenvalue weighted by Crippen LogP contribution is 2.12. The van der Waals surface area contributed by atoms with E-state index in [2.05, 4.69) is 27.8 Å². The molecule has 1 rings (SSSR count). The molecule has 0 fully saturated rings. The molecule has 20 heavy (non-hydrogen) atoms. The van der Waals surface area contributed by atoms with Gasteiger partial charge in [0.05, 0.1) is 0 Å². The molecule has 2 amide bonds. The summed E-state index contributed by atoms with van der Waals surface area (Å²) in [5, 5.41) is 13.4. The van der Waals surface area contributed by atoms with Crippen LogP contribution in [0.5, 0.6) is 0 Å². The lowest BCUT2D eigenvalue weighted by Crippen LogP contribution is -2.36. The Labute approximate surface area is 122 Å². The fourth-order valence-electron chi connectivity index (χ4n) is 1.31. The quantitative estimate of drug-likeness (QED) is 0.554. The first-order chi connectivity index (χ1) is 9.63. The lowest BCUT2D eigenvalue weighted by Gasteiger charge is -2.05. The van der Waals surface area contributed by atoms with Crippen molar-refractivity contribution in [1.82, 2.24) is 15.5 Å². The Morgan fingerprint density at radius 2 is 1.95 bits per heavy atom. The van der Waals surface area contributed by atoms with E-state index in [1.54, 1.807) is 6.92 Å². The standard InChI is InChI=1S/C12H20N4O3S/c1-3-4-7-19-8-5-6-13-10(17)11(18)14-12-16-15-9(2)20-12/h3-8H2,1-2H3,(H,13,17)(H,14,16,18). The lowest BCUT2D eigenvalue weighted by molar-refractivity contribution is -0.136. The second kappa shape index (κ2) is 9.38. The molecule has 0 radical (unpaired) electrons. The summed E-state index contributed by atoms with van der Waals surface area (Å²) in [5.41, 5.74) is 0. The van der Waals surface area contributed by atoms with Gasteiger partial charge >= 0.3 is 11.8 Å². The van der Waals surface area contributed by atoms with Gasteiger partial charge in [0.2, 0.25) is 5.13 Å². The molecule has 112 valence electrons. The zero-order valence-corrected chi connectivity index (χ0v) is 12.6. The highest BCUT2D eigenvalue weighted by molar-refractivity contribution is 7.15. The Balaban J connectivity index is 2.11. The first-order valence-corrected chi connectivity index (χ1v) is 7.42. The van der Waals surface area contributed by atoms with Crippen LogP contribution in [0.15, 0.2) is 0 Å². The Bertz CT molecular complexity index is 436. The second-order valence-corrected chi connectivity index (χ2v) is 5.34. The molecule has 8 heteroatoms. The molecule has 0 bridgehead atoms. The topological polar surface area (TPSA) is 93.2 Å². The van der Waals surface area contributed by atoms with Gasteiger partial charge in [0.25, 0.3) is 0 Å². The van der Waals surface area contributed by atoms with E-state index >= 15 is 0 Å². The maximum absolute atomic E-state index is 11.5. The number of nitrogens with one attached hydrogen (secondary N) is 2. The summed E-state index contributed by atoms with van der Waals surface area (Å²) in [6.45, 7) is 5.60. The second-order valence-electron chi connectivity index (χ2n) is 4.16. The van der Waals surface area contributed by atoms with Crippen molar-refractivity contribution < 1.29 is 14.3 Å². The van der Waals surface area contributed by atoms with Crippen LogP contribution in [0.4, 0.5) is 5.13 Å². The fourth-order valence-corrected chi connectivity index (χ4v) is 1.89. The van der Waals surface area contributed by atoms with Gasteiger partial charge in [-0.1, -0.05) is 24.7 Å². The van der Waals surface area contributed by atoms with E-state index in [1.807, 2.05) is 0 Å². The van der Waals surface area contributed by atoms with Gasteiger partial charge in [0.15, 0.2) is 0 Å². The average molecular weight is 300 g/mol. The molecule has 1 aromatic rings. The third-order valence-corrected chi connectivity index (χ3v) is 3.10. The lowest BCUT2D eigenvalue weighted by atomic mass is 10.3. The van der Waals surface area contributed by atoms with Gasteiger partial charge in [0, 0.05) is 19.8 Å². The van der Waals surface area contributed by atoms with Crippen molar-refractivity contribution in [2.45, 2.75) is 33.1 Å². The van der Waals surface area contributed by atoms with Gasteiger partial charge in [-0.15, -0.1) is 10.2 Å². The summed E-state index contributed by atoms with van der Waals surface area (Å²) in [4.78, 5) is 23.0. The van der Waals surface area contributed by atoms with Crippen LogP contribution in [-0.2, 0) is 14.3 Å². The predicted molar refractivity (Wildman–Crippen MR) is 76.6 cm³/mol. The first-order valence-electron chi connectivity index (χ1n) is 6.60. The molecule has 1 aromatic heterocycles. The maximum atomic E-state index is 11.5. The largest absolute Gasteiger partial charge is 0.381 e. The number of amides is 2. The van der Waals surface area contributed by atoms with Gasteiger partial charge < -0.3 is 10.1 Å². The Hall–Kier alpha value is -1.54. The summed E-state index contributed by atoms with van der Waals surface area (Å²) < 4.78 is 5.35. The Kier molecular flexibility index (Phi) is 7.74. The molecular formula is C12H20N4O3S. The Morgan fingerprint density at radius 3 is 2.60 bits per heavy atom. The summed E-state index contributed by atoms with van der Waals surface area (Å²) in [5.74, 6) is -1.40. The van der Waals surface area contributed by atoms with Crippen molar-refractivity contribution in [3.8, 4) is 0 Å². The first kappa shape index (κ1) is 16.5. The zero-order valence-electron chi connectivity index (χ0n) is 11.8. The smallest absolute Gasteiger partial charge is 0.315 e. The van der Waals surface area contributed by atoms with Crippen LogP contribution in [0.25, 0.3) is 0 Å². The number of hydrogen-bond acceptors (Lipinski definition) is 6. The van der Waals surface area contributed by atoms with E-state index in [9.17, 15) is 9.59 Å². The van der Waals surface area contributed by atoms with E-state index in [1.165, 1.54) is 11.3 Å². The van der Waals surface area contributed by atoms with Crippen LogP contribution in [0.1, 0.15) is 31.2 Å². The van der Waals surface area contributed by atoms with Gasteiger partial charge in [-0.3, -0.25) is 14.9 Å². The van der Waals surface area contributed by atoms with Crippen molar-refractivity contribution >= 4 is 28.3 Å². The minimum atomic E-state index is -0.729. The molecular weight excluding hydrogens is 280 g/mol. The molecule has 2 N–H and O–H groups in total. The number of carbonyl (C=O) groups excluding carboxylic acids is 2. The summed E-state index contributed by atoms with van der Waals surface area (Å²) in [7, 11) is 0. The van der Waals surface area contributed by atoms with E-state index < -0.39 is 11.8 Å². The molecule has 0 saturated heterocycles. The molecule has 0 aliphatic heterocycles. The number of rotatable bonds is 8. The van der Waals surface area contributed by atoms with Crippen LogP contribution < -0.4 is 10.6 Å². The van der Waals surface area contributed by atoms with Crippen molar-refractivity contribution in [1.29, 1.82) is 0 Å². The van der Waals surface area contributed by atoms with Crippen LogP contribution >= 0.6 is 11.3 Å². The molecule has 1 heterocycles. The molecule has 7 nitrogen and oxygen atoms in total. The third-order valence-electron chi connectivity index (χ3n) is 2.35. The monoisotopic (exact) mass is 300 g/mol. The van der Waals surface area contributed by atoms with Crippen LogP contribution in [0.2, 0.25) is 0 Å². The summed E-state index contributed by atoms with van der Waals surface area (Å²) in [6.07, 6.45) is 2.82. The number of hydrogen-bond donors (Lipinski definition) is 2. The van der Waals surface area contributed by atoms with Crippen molar-refractivity contribution in [3.05, 3.63) is 5.01 Å². The SMILES string of the molecule is CCCCOCCCNC(=O)C(=O)Nc1nnc(C)s1. The summed E-state index contributed by atoms with van der Waals surface area (Å²) >= 11 is 1.22. The van der Waals surface area contributed by atoms with E-state index in [0.29, 0.717) is 24.7 Å². The zero-order chi connectivity index (χ0) is 14.8. The van der Waals surface area contributed by atoms with Crippen LogP contribution in [-0.4, -0.2) is 41.8 Å². The third kappa shape index (κ3) is 6.58. The molecule has 0 saturated carbocycles. The van der Waals surface area contributed by atoms with E-state index in [-0.39, 0.29) is 0 Å². The van der Waals surface area contributed by atoms with Crippen molar-refractivity contribution in [2.24, 2.45) is 0 Å². The number of carbonyl (C=O) groups is 2. The van der Waals surface area contributed by atoms with Gasteiger partial charge in [0.1, 0.15) is 5.01 Å². The highest BCUT2D eigenvalue weighted by atomic mass is 32.1. The number of nitrogens with zero attached hydrogens (tertiary/aromatic N) is 2. The molecule has 0 unspecified atom stereocenters. The highest BCUT2D eigenvalue weighted by Gasteiger charge is 2.14. The molecule has 0 aliphatic rings. The number of aromatic nitrogens is 2. The van der Waals surface area contributed by atoms with Crippen LogP contribution in [0.3, 0.4) is 0 Å². The van der Waals surface area contributed by atoms with Crippen molar-refractivity contribution in [3.63, 3.8) is 0 Å². The molecule has 0 atom stereocenters. The number of anilines is 1. The minimum absolute atomic E-state index is 0.325. The van der Waals surface area contributed by atoms with Crippen molar-refractivity contribution in [2.75, 3.05) is 25.1 Å². The fraction of sp³-hybridized carbons (Fsp3) is 0.667. The molecule has 0 aromatic carbocycles. The average Bonchev–Trinajstić information content (AvgIpc) is 2.82. The summed E-state index contributed by atoms with van der Waals surface area (Å²) in [6, 6.07) is 0. The van der Waals surface area contributed by atoms with Crippen LogP contribution in [0, 0.1) is 6.92 Å². The normalized spacial score (nSPS) is 10.3. The number of aryl methyl sites for hydroxylation is 1. The van der Waals surface area contributed by atoms with E-state index in [0.717, 1.165) is 24.5 Å². The predicted octanol–water partition coefficient (Wildman–Crippen LogP) is 1.11. The van der Waals surface area contributed by atoms with Gasteiger partial charge in [-0.2, -0.15) is 0 Å². The Morgan fingerprint density at radius 1 is 1.20 bits per heavy atom. The molecule has 0 spiro atoms. The van der Waals surface area contributed by atoms with Gasteiger partial charge in [-0.25, -0.2) is 0 Å². The maximum Gasteiger partial charge on any atom is 0.315 e. The van der Waals surface area contributed by atoms with E-state index in [4.69, 9.17) is 4.74 Å².